The van der Waals surface area contributed by atoms with Crippen LogP contribution in [0.1, 0.15) is 57.4 Å². The van der Waals surface area contributed by atoms with Gasteiger partial charge < -0.3 is 15.6 Å². The van der Waals surface area contributed by atoms with Crippen molar-refractivity contribution in [1.29, 1.82) is 0 Å². The van der Waals surface area contributed by atoms with Crippen molar-refractivity contribution >= 4 is 5.91 Å². The zero-order valence-electron chi connectivity index (χ0n) is 11.9. The van der Waals surface area contributed by atoms with Crippen LogP contribution in [0.5, 0.6) is 0 Å². The Morgan fingerprint density at radius 3 is 2.85 bits per heavy atom. The topological polar surface area (TPSA) is 72.9 Å². The number of rotatable bonds is 4. The summed E-state index contributed by atoms with van der Waals surface area (Å²) in [6.45, 7) is 0. The fourth-order valence-corrected chi connectivity index (χ4v) is 3.76. The normalized spacial score (nSPS) is 28.6. The minimum absolute atomic E-state index is 0.117. The highest BCUT2D eigenvalue weighted by Crippen LogP contribution is 2.32. The van der Waals surface area contributed by atoms with Gasteiger partial charge in [0.15, 0.2) is 0 Å². The summed E-state index contributed by atoms with van der Waals surface area (Å²) >= 11 is 0. The lowest BCUT2D eigenvalue weighted by Gasteiger charge is -2.26. The number of amides is 1. The van der Waals surface area contributed by atoms with Crippen LogP contribution in [0.25, 0.3) is 0 Å². The highest BCUT2D eigenvalue weighted by atomic mass is 16.1. The molecular weight excluding hydrogens is 252 g/mol. The van der Waals surface area contributed by atoms with Gasteiger partial charge in [-0.05, 0) is 32.1 Å². The van der Waals surface area contributed by atoms with Crippen LogP contribution >= 0.6 is 0 Å². The lowest BCUT2D eigenvalue weighted by atomic mass is 9.94. The first kappa shape index (κ1) is 13.6. The van der Waals surface area contributed by atoms with Gasteiger partial charge in [0.2, 0.25) is 5.91 Å². The van der Waals surface area contributed by atoms with Gasteiger partial charge >= 0.3 is 0 Å². The van der Waals surface area contributed by atoms with Crippen LogP contribution in [0.2, 0.25) is 0 Å². The first-order valence-electron chi connectivity index (χ1n) is 7.72. The molecule has 1 heterocycles. The number of imidazole rings is 1. The van der Waals surface area contributed by atoms with Gasteiger partial charge in [-0.25, -0.2) is 4.98 Å². The Kier molecular flexibility index (Phi) is 3.78. The predicted octanol–water partition coefficient (Wildman–Crippen LogP) is 1.75. The molecule has 0 radical (unpaired) electrons. The zero-order valence-corrected chi connectivity index (χ0v) is 11.9. The molecule has 20 heavy (non-hydrogen) atoms. The zero-order chi connectivity index (χ0) is 14.0. The lowest BCUT2D eigenvalue weighted by Crippen LogP contribution is -2.45. The van der Waals surface area contributed by atoms with Gasteiger partial charge in [0.25, 0.3) is 0 Å². The molecule has 0 spiro atoms. The molecule has 2 unspecified atom stereocenters. The smallest absolute Gasteiger partial charge is 0.222 e. The molecule has 2 atom stereocenters. The van der Waals surface area contributed by atoms with Crippen LogP contribution in [0.4, 0.5) is 0 Å². The molecule has 2 saturated carbocycles. The summed E-state index contributed by atoms with van der Waals surface area (Å²) in [5, 5.41) is 3.20. The van der Waals surface area contributed by atoms with Crippen molar-refractivity contribution in [2.45, 2.75) is 69.0 Å². The molecule has 0 bridgehead atoms. The molecule has 5 nitrogen and oxygen atoms in total. The van der Waals surface area contributed by atoms with Gasteiger partial charge in [0.1, 0.15) is 0 Å². The third-order valence-electron chi connectivity index (χ3n) is 4.85. The molecule has 2 fully saturated rings. The molecule has 0 aromatic carbocycles. The van der Waals surface area contributed by atoms with E-state index in [2.05, 4.69) is 14.9 Å². The van der Waals surface area contributed by atoms with Crippen molar-refractivity contribution in [2.75, 3.05) is 0 Å². The fraction of sp³-hybridized carbons (Fsp3) is 0.733. The van der Waals surface area contributed by atoms with Gasteiger partial charge in [-0.15, -0.1) is 0 Å². The Hall–Kier alpha value is -1.36. The number of nitrogens with two attached hydrogens (primary N) is 1. The van der Waals surface area contributed by atoms with E-state index in [0.717, 1.165) is 44.9 Å². The van der Waals surface area contributed by atoms with E-state index in [9.17, 15) is 4.79 Å². The number of aromatic nitrogens is 2. The molecule has 1 amide bonds. The molecule has 0 aliphatic heterocycles. The van der Waals surface area contributed by atoms with Crippen LogP contribution in [0.15, 0.2) is 18.7 Å². The first-order chi connectivity index (χ1) is 9.66. The molecule has 2 aliphatic carbocycles. The summed E-state index contributed by atoms with van der Waals surface area (Å²) in [6, 6.07) is 0.570. The van der Waals surface area contributed by atoms with Crippen molar-refractivity contribution in [3.8, 4) is 0 Å². The SMILES string of the molecule is NC1(CC(=O)NC2CCCC2n2ccnc2)CCCC1. The van der Waals surface area contributed by atoms with Crippen LogP contribution in [-0.4, -0.2) is 27.0 Å². The lowest BCUT2D eigenvalue weighted by molar-refractivity contribution is -0.123. The van der Waals surface area contributed by atoms with Crippen LogP contribution < -0.4 is 11.1 Å². The second-order valence-electron chi connectivity index (χ2n) is 6.43. The van der Waals surface area contributed by atoms with Crippen LogP contribution in [0, 0.1) is 0 Å². The summed E-state index contributed by atoms with van der Waals surface area (Å²) in [5.41, 5.74) is 6.03. The van der Waals surface area contributed by atoms with Gasteiger partial charge in [-0.1, -0.05) is 12.8 Å². The van der Waals surface area contributed by atoms with E-state index in [0.29, 0.717) is 12.5 Å². The molecule has 0 saturated heterocycles. The van der Waals surface area contributed by atoms with Gasteiger partial charge in [0, 0.05) is 30.4 Å². The van der Waals surface area contributed by atoms with E-state index >= 15 is 0 Å². The fourth-order valence-electron chi connectivity index (χ4n) is 3.76. The maximum atomic E-state index is 12.3. The molecule has 1 aromatic rings. The van der Waals surface area contributed by atoms with E-state index in [-0.39, 0.29) is 17.5 Å². The van der Waals surface area contributed by atoms with Gasteiger partial charge in [-0.2, -0.15) is 0 Å². The Balaban J connectivity index is 1.58. The number of carbonyl (C=O) groups is 1. The van der Waals surface area contributed by atoms with E-state index in [1.165, 1.54) is 0 Å². The number of nitrogens with one attached hydrogen (secondary N) is 1. The minimum Gasteiger partial charge on any atom is -0.351 e. The van der Waals surface area contributed by atoms with Crippen molar-refractivity contribution in [3.63, 3.8) is 0 Å². The number of hydrogen-bond acceptors (Lipinski definition) is 3. The Morgan fingerprint density at radius 1 is 1.35 bits per heavy atom. The second kappa shape index (κ2) is 5.56. The van der Waals surface area contributed by atoms with E-state index in [1.54, 1.807) is 6.20 Å². The van der Waals surface area contributed by atoms with Gasteiger partial charge in [-0.3, -0.25) is 4.79 Å². The molecule has 1 aromatic heterocycles. The summed E-state index contributed by atoms with van der Waals surface area (Å²) in [4.78, 5) is 16.4. The van der Waals surface area contributed by atoms with Gasteiger partial charge in [0.05, 0.1) is 12.4 Å². The van der Waals surface area contributed by atoms with E-state index in [4.69, 9.17) is 5.73 Å². The molecule has 3 N–H and O–H groups in total. The van der Waals surface area contributed by atoms with Crippen molar-refractivity contribution < 1.29 is 4.79 Å². The van der Waals surface area contributed by atoms with E-state index in [1.807, 2.05) is 12.5 Å². The van der Waals surface area contributed by atoms with Crippen LogP contribution in [-0.2, 0) is 4.79 Å². The first-order valence-corrected chi connectivity index (χ1v) is 7.72. The molecule has 110 valence electrons. The van der Waals surface area contributed by atoms with Crippen molar-refractivity contribution in [1.82, 2.24) is 14.9 Å². The quantitative estimate of drug-likeness (QED) is 0.880. The van der Waals surface area contributed by atoms with E-state index < -0.39 is 0 Å². The average molecular weight is 276 g/mol. The second-order valence-corrected chi connectivity index (χ2v) is 6.43. The largest absolute Gasteiger partial charge is 0.351 e. The summed E-state index contributed by atoms with van der Waals surface area (Å²) in [7, 11) is 0. The maximum Gasteiger partial charge on any atom is 0.222 e. The molecule has 3 rings (SSSR count). The highest BCUT2D eigenvalue weighted by molar-refractivity contribution is 5.77. The molecule has 5 heteroatoms. The van der Waals surface area contributed by atoms with Crippen LogP contribution in [0.3, 0.4) is 0 Å². The Morgan fingerprint density at radius 2 is 2.15 bits per heavy atom. The molecular formula is C15H24N4O. The highest BCUT2D eigenvalue weighted by Gasteiger charge is 2.34. The summed E-state index contributed by atoms with van der Waals surface area (Å²) < 4.78 is 2.12. The number of carbonyl (C=O) groups excluding carboxylic acids is 1. The third-order valence-corrected chi connectivity index (χ3v) is 4.85. The van der Waals surface area contributed by atoms with Crippen molar-refractivity contribution in [2.24, 2.45) is 5.73 Å². The molecule has 2 aliphatic rings. The minimum atomic E-state index is -0.257. The monoisotopic (exact) mass is 276 g/mol. The average Bonchev–Trinajstić information content (AvgIpc) is 3.09. The Bertz CT molecular complexity index is 450. The summed E-state index contributed by atoms with van der Waals surface area (Å²) in [5.74, 6) is 0.117. The standard InChI is InChI=1S/C15H24N4O/c16-15(6-1-2-7-15)10-14(20)18-12-4-3-5-13(12)19-9-8-17-11-19/h8-9,11-13H,1-7,10,16H2,(H,18,20). The number of nitrogens with zero attached hydrogens (tertiary/aromatic N) is 2. The summed E-state index contributed by atoms with van der Waals surface area (Å²) in [6.07, 6.45) is 13.7. The maximum absolute atomic E-state index is 12.3. The third kappa shape index (κ3) is 2.87. The number of hydrogen-bond donors (Lipinski definition) is 2. The Labute approximate surface area is 119 Å². The predicted molar refractivity (Wildman–Crippen MR) is 77.0 cm³/mol. The van der Waals surface area contributed by atoms with Crippen molar-refractivity contribution in [3.05, 3.63) is 18.7 Å².